The van der Waals surface area contributed by atoms with Crippen LogP contribution in [0.25, 0.3) is 0 Å². The van der Waals surface area contributed by atoms with Crippen molar-refractivity contribution in [2.45, 2.75) is 31.7 Å². The zero-order valence-electron chi connectivity index (χ0n) is 13.8. The summed E-state index contributed by atoms with van der Waals surface area (Å²) in [7, 11) is 0. The molecule has 2 saturated heterocycles. The van der Waals surface area contributed by atoms with Gasteiger partial charge in [0, 0.05) is 13.1 Å². The average Bonchev–Trinajstić information content (AvgIpc) is 2.82. The molecular weight excluding hydrogens is 365 g/mol. The first-order valence-electron chi connectivity index (χ1n) is 8.20. The van der Waals surface area contributed by atoms with Crippen molar-refractivity contribution in [3.8, 4) is 0 Å². The second-order valence-corrected chi connectivity index (χ2v) is 7.33. The number of halogens is 2. The molecule has 0 saturated carbocycles. The second-order valence-electron chi connectivity index (χ2n) is 6.52. The number of benzene rings is 1. The SMILES string of the molecule is CC1(c2ccc(Cl)c(Cl)c2)NC(=O)N(CC(=O)N2CCCCC2)C1=O. The van der Waals surface area contributed by atoms with Gasteiger partial charge in [-0.25, -0.2) is 4.79 Å². The van der Waals surface area contributed by atoms with Gasteiger partial charge in [0.15, 0.2) is 0 Å². The molecule has 1 aromatic rings. The Morgan fingerprint density at radius 1 is 1.16 bits per heavy atom. The van der Waals surface area contributed by atoms with Crippen LogP contribution in [0.5, 0.6) is 0 Å². The van der Waals surface area contributed by atoms with E-state index in [1.165, 1.54) is 0 Å². The number of urea groups is 1. The number of imide groups is 1. The molecule has 0 radical (unpaired) electrons. The molecule has 2 heterocycles. The smallest absolute Gasteiger partial charge is 0.325 e. The molecule has 2 fully saturated rings. The molecule has 25 heavy (non-hydrogen) atoms. The molecule has 0 bridgehead atoms. The quantitative estimate of drug-likeness (QED) is 0.815. The number of nitrogens with zero attached hydrogens (tertiary/aromatic N) is 2. The molecule has 0 aromatic heterocycles. The summed E-state index contributed by atoms with van der Waals surface area (Å²) in [5.41, 5.74) is -0.749. The molecule has 0 aliphatic carbocycles. The van der Waals surface area contributed by atoms with E-state index in [-0.39, 0.29) is 12.5 Å². The lowest BCUT2D eigenvalue weighted by Crippen LogP contribution is -2.45. The monoisotopic (exact) mass is 383 g/mol. The van der Waals surface area contributed by atoms with Crippen LogP contribution in [0.2, 0.25) is 10.0 Å². The van der Waals surface area contributed by atoms with Crippen LogP contribution in [0.3, 0.4) is 0 Å². The molecule has 8 heteroatoms. The molecule has 2 aliphatic rings. The molecule has 4 amide bonds. The van der Waals surface area contributed by atoms with Gasteiger partial charge >= 0.3 is 6.03 Å². The number of hydrogen-bond donors (Lipinski definition) is 1. The first-order chi connectivity index (χ1) is 11.8. The summed E-state index contributed by atoms with van der Waals surface area (Å²) in [6.45, 7) is 2.69. The Balaban J connectivity index is 1.79. The van der Waals surface area contributed by atoms with Gasteiger partial charge in [0.1, 0.15) is 12.1 Å². The number of carbonyl (C=O) groups excluding carboxylic acids is 3. The van der Waals surface area contributed by atoms with Crippen LogP contribution < -0.4 is 5.32 Å². The number of nitrogens with one attached hydrogen (secondary N) is 1. The van der Waals surface area contributed by atoms with E-state index in [4.69, 9.17) is 23.2 Å². The van der Waals surface area contributed by atoms with Crippen LogP contribution in [0.1, 0.15) is 31.7 Å². The van der Waals surface area contributed by atoms with E-state index in [0.29, 0.717) is 28.7 Å². The van der Waals surface area contributed by atoms with E-state index in [1.54, 1.807) is 30.0 Å². The van der Waals surface area contributed by atoms with Gasteiger partial charge in [0.25, 0.3) is 5.91 Å². The Morgan fingerprint density at radius 2 is 1.84 bits per heavy atom. The lowest BCUT2D eigenvalue weighted by Gasteiger charge is -2.28. The Hall–Kier alpha value is -1.79. The zero-order chi connectivity index (χ0) is 18.2. The fourth-order valence-electron chi connectivity index (χ4n) is 3.22. The molecule has 2 aliphatic heterocycles. The van der Waals surface area contributed by atoms with Crippen LogP contribution in [-0.4, -0.2) is 47.3 Å². The average molecular weight is 384 g/mol. The third kappa shape index (κ3) is 3.33. The van der Waals surface area contributed by atoms with Gasteiger partial charge in [0.05, 0.1) is 10.0 Å². The molecule has 1 N–H and O–H groups in total. The summed E-state index contributed by atoms with van der Waals surface area (Å²) in [5.74, 6) is -0.678. The second kappa shape index (κ2) is 6.84. The van der Waals surface area contributed by atoms with Crippen LogP contribution >= 0.6 is 23.2 Å². The van der Waals surface area contributed by atoms with E-state index in [0.717, 1.165) is 24.2 Å². The van der Waals surface area contributed by atoms with E-state index in [2.05, 4.69) is 5.32 Å². The summed E-state index contributed by atoms with van der Waals surface area (Å²) in [6.07, 6.45) is 3.00. The number of likely N-dealkylation sites (tertiary alicyclic amines) is 1. The minimum atomic E-state index is -1.27. The fraction of sp³-hybridized carbons (Fsp3) is 0.471. The highest BCUT2D eigenvalue weighted by Gasteiger charge is 2.49. The molecule has 0 spiro atoms. The molecule has 3 rings (SSSR count). The number of piperidine rings is 1. The minimum absolute atomic E-state index is 0.207. The number of carbonyl (C=O) groups is 3. The maximum Gasteiger partial charge on any atom is 0.325 e. The van der Waals surface area contributed by atoms with Crippen molar-refractivity contribution < 1.29 is 14.4 Å². The molecule has 1 aromatic carbocycles. The molecular formula is C17H19Cl2N3O3. The zero-order valence-corrected chi connectivity index (χ0v) is 15.4. The molecule has 1 unspecified atom stereocenters. The number of amides is 4. The van der Waals surface area contributed by atoms with Crippen LogP contribution in [0.4, 0.5) is 4.79 Å². The van der Waals surface area contributed by atoms with Crippen molar-refractivity contribution in [2.24, 2.45) is 0 Å². The van der Waals surface area contributed by atoms with Crippen molar-refractivity contribution in [3.63, 3.8) is 0 Å². The largest absolute Gasteiger partial charge is 0.341 e. The Bertz CT molecular complexity index is 734. The van der Waals surface area contributed by atoms with Crippen LogP contribution in [0, 0.1) is 0 Å². The van der Waals surface area contributed by atoms with E-state index in [1.807, 2.05) is 0 Å². The van der Waals surface area contributed by atoms with Gasteiger partial charge in [0.2, 0.25) is 5.91 Å². The topological polar surface area (TPSA) is 69.7 Å². The summed E-state index contributed by atoms with van der Waals surface area (Å²) in [4.78, 5) is 40.2. The van der Waals surface area contributed by atoms with Crippen LogP contribution in [0.15, 0.2) is 18.2 Å². The highest BCUT2D eigenvalue weighted by atomic mass is 35.5. The summed E-state index contributed by atoms with van der Waals surface area (Å²) >= 11 is 11.9. The van der Waals surface area contributed by atoms with Crippen molar-refractivity contribution >= 4 is 41.0 Å². The first-order valence-corrected chi connectivity index (χ1v) is 8.96. The lowest BCUT2D eigenvalue weighted by molar-refractivity contribution is -0.139. The highest BCUT2D eigenvalue weighted by Crippen LogP contribution is 2.33. The molecule has 1 atom stereocenters. The predicted molar refractivity (Wildman–Crippen MR) is 94.5 cm³/mol. The van der Waals surface area contributed by atoms with Crippen molar-refractivity contribution in [3.05, 3.63) is 33.8 Å². The fourth-order valence-corrected chi connectivity index (χ4v) is 3.52. The van der Waals surface area contributed by atoms with E-state index in [9.17, 15) is 14.4 Å². The Kier molecular flexibility index (Phi) is 4.93. The Morgan fingerprint density at radius 3 is 2.48 bits per heavy atom. The number of hydrogen-bond acceptors (Lipinski definition) is 3. The molecule has 6 nitrogen and oxygen atoms in total. The third-order valence-corrected chi connectivity index (χ3v) is 5.51. The maximum atomic E-state index is 12.8. The van der Waals surface area contributed by atoms with E-state index >= 15 is 0 Å². The first kappa shape index (κ1) is 18.0. The van der Waals surface area contributed by atoms with E-state index < -0.39 is 17.5 Å². The predicted octanol–water partition coefficient (Wildman–Crippen LogP) is 2.77. The Labute approximate surface area is 156 Å². The van der Waals surface area contributed by atoms with Gasteiger partial charge in [-0.05, 0) is 43.9 Å². The van der Waals surface area contributed by atoms with Gasteiger partial charge in [-0.3, -0.25) is 14.5 Å². The summed E-state index contributed by atoms with van der Waals surface area (Å²) in [5, 5.41) is 3.33. The van der Waals surface area contributed by atoms with Gasteiger partial charge in [-0.2, -0.15) is 0 Å². The van der Waals surface area contributed by atoms with Gasteiger partial charge < -0.3 is 10.2 Å². The summed E-state index contributed by atoms with van der Waals surface area (Å²) < 4.78 is 0. The highest BCUT2D eigenvalue weighted by molar-refractivity contribution is 6.42. The third-order valence-electron chi connectivity index (χ3n) is 4.77. The normalized spacial score (nSPS) is 23.8. The van der Waals surface area contributed by atoms with Gasteiger partial charge in [-0.15, -0.1) is 0 Å². The van der Waals surface area contributed by atoms with Crippen LogP contribution in [-0.2, 0) is 15.1 Å². The van der Waals surface area contributed by atoms with Crippen molar-refractivity contribution in [1.82, 2.24) is 15.1 Å². The number of rotatable bonds is 3. The summed E-state index contributed by atoms with van der Waals surface area (Å²) in [6, 6.07) is 4.19. The maximum absolute atomic E-state index is 12.8. The minimum Gasteiger partial charge on any atom is -0.341 e. The van der Waals surface area contributed by atoms with Crippen molar-refractivity contribution in [1.29, 1.82) is 0 Å². The molecule has 134 valence electrons. The van der Waals surface area contributed by atoms with Gasteiger partial charge in [-0.1, -0.05) is 29.3 Å². The standard InChI is InChI=1S/C17H19Cl2N3O3/c1-17(11-5-6-12(18)13(19)9-11)15(24)22(16(25)20-17)10-14(23)21-7-3-2-4-8-21/h5-6,9H,2-4,7-8,10H2,1H3,(H,20,25). The lowest BCUT2D eigenvalue weighted by atomic mass is 9.92. The van der Waals surface area contributed by atoms with Crippen molar-refractivity contribution in [2.75, 3.05) is 19.6 Å².